The lowest BCUT2D eigenvalue weighted by Gasteiger charge is -2.35. The van der Waals surface area contributed by atoms with E-state index in [9.17, 15) is 32.7 Å². The van der Waals surface area contributed by atoms with Gasteiger partial charge in [-0.25, -0.2) is 9.59 Å². The fourth-order valence-electron chi connectivity index (χ4n) is 4.87. The molecule has 0 saturated carbocycles. The largest absolute Gasteiger partial charge is 0.480 e. The van der Waals surface area contributed by atoms with Gasteiger partial charge in [-0.1, -0.05) is 48.5 Å². The van der Waals surface area contributed by atoms with Crippen LogP contribution in [0.4, 0.5) is 18.0 Å². The predicted octanol–water partition coefficient (Wildman–Crippen LogP) is 4.31. The molecule has 10 heteroatoms. The second-order valence-corrected chi connectivity index (χ2v) is 8.72. The number of alkyl carbamates (subject to hydrolysis) is 1. The van der Waals surface area contributed by atoms with Gasteiger partial charge in [0.2, 0.25) is 5.91 Å². The number of likely N-dealkylation sites (tertiary alicyclic amines) is 1. The van der Waals surface area contributed by atoms with E-state index in [1.165, 1.54) is 0 Å². The van der Waals surface area contributed by atoms with E-state index in [4.69, 9.17) is 4.74 Å². The first-order chi connectivity index (χ1) is 16.7. The van der Waals surface area contributed by atoms with Crippen LogP contribution in [-0.2, 0) is 14.3 Å². The van der Waals surface area contributed by atoms with Gasteiger partial charge in [0, 0.05) is 12.5 Å². The van der Waals surface area contributed by atoms with Gasteiger partial charge in [0.25, 0.3) is 0 Å². The second kappa shape index (κ2) is 9.97. The summed E-state index contributed by atoms with van der Waals surface area (Å²) in [6, 6.07) is 12.0. The number of halogens is 3. The van der Waals surface area contributed by atoms with Crippen LogP contribution in [0.15, 0.2) is 48.5 Å². The van der Waals surface area contributed by atoms with Crippen molar-refractivity contribution in [3.63, 3.8) is 0 Å². The molecule has 0 spiro atoms. The summed E-state index contributed by atoms with van der Waals surface area (Å²) in [6.07, 6.45) is -6.39. The molecule has 2 amide bonds. The van der Waals surface area contributed by atoms with Crippen LogP contribution in [0.5, 0.6) is 0 Å². The Labute approximate surface area is 199 Å². The molecule has 1 fully saturated rings. The first-order valence-corrected chi connectivity index (χ1v) is 11.4. The quantitative estimate of drug-likeness (QED) is 0.629. The molecular weight excluding hydrogens is 465 g/mol. The maximum atomic E-state index is 13.2. The molecule has 1 unspecified atom stereocenters. The minimum absolute atomic E-state index is 0.0104. The van der Waals surface area contributed by atoms with Crippen molar-refractivity contribution in [2.75, 3.05) is 13.2 Å². The average Bonchev–Trinajstić information content (AvgIpc) is 3.14. The molecule has 2 aromatic carbocycles. The summed E-state index contributed by atoms with van der Waals surface area (Å²) >= 11 is 0. The number of amides is 2. The number of piperidine rings is 1. The Morgan fingerprint density at radius 2 is 1.63 bits per heavy atom. The zero-order valence-corrected chi connectivity index (χ0v) is 18.8. The Balaban J connectivity index is 1.47. The number of carboxylic acids is 1. The highest BCUT2D eigenvalue weighted by Gasteiger charge is 2.42. The topological polar surface area (TPSA) is 95.9 Å². The normalized spacial score (nSPS) is 18.4. The Morgan fingerprint density at radius 3 is 2.20 bits per heavy atom. The maximum absolute atomic E-state index is 13.2. The van der Waals surface area contributed by atoms with Gasteiger partial charge in [0.15, 0.2) is 0 Å². The van der Waals surface area contributed by atoms with E-state index in [1.807, 2.05) is 53.8 Å². The third-order valence-corrected chi connectivity index (χ3v) is 6.44. The van der Waals surface area contributed by atoms with E-state index in [1.54, 1.807) is 0 Å². The van der Waals surface area contributed by atoms with Crippen LogP contribution in [0, 0.1) is 0 Å². The van der Waals surface area contributed by atoms with Crippen molar-refractivity contribution in [1.29, 1.82) is 0 Å². The molecule has 7 nitrogen and oxygen atoms in total. The third kappa shape index (κ3) is 5.41. The second-order valence-electron chi connectivity index (χ2n) is 8.72. The van der Waals surface area contributed by atoms with E-state index in [-0.39, 0.29) is 25.5 Å². The Morgan fingerprint density at radius 1 is 1.03 bits per heavy atom. The summed E-state index contributed by atoms with van der Waals surface area (Å²) < 4.78 is 45.0. The van der Waals surface area contributed by atoms with Crippen LogP contribution in [0.2, 0.25) is 0 Å². The number of aliphatic carboxylic acids is 1. The van der Waals surface area contributed by atoms with Crippen LogP contribution >= 0.6 is 0 Å². The van der Waals surface area contributed by atoms with Crippen molar-refractivity contribution in [1.82, 2.24) is 10.2 Å². The van der Waals surface area contributed by atoms with Crippen molar-refractivity contribution in [2.24, 2.45) is 0 Å². The predicted molar refractivity (Wildman–Crippen MR) is 120 cm³/mol. The molecule has 35 heavy (non-hydrogen) atoms. The number of fused-ring (bicyclic) bond motifs is 3. The minimum atomic E-state index is -4.76. The highest BCUT2D eigenvalue weighted by Crippen LogP contribution is 2.44. The summed E-state index contributed by atoms with van der Waals surface area (Å²) in [7, 11) is 0. The molecule has 2 atom stereocenters. The number of hydrogen-bond donors (Lipinski definition) is 2. The number of hydrogen-bond acceptors (Lipinski definition) is 4. The first-order valence-electron chi connectivity index (χ1n) is 11.4. The number of benzene rings is 2. The molecule has 2 aliphatic rings. The van der Waals surface area contributed by atoms with Gasteiger partial charge in [-0.3, -0.25) is 4.79 Å². The van der Waals surface area contributed by atoms with Crippen LogP contribution in [0.25, 0.3) is 11.1 Å². The molecule has 1 aliphatic heterocycles. The smallest absolute Gasteiger partial charge is 0.407 e. The number of carbonyl (C=O) groups excluding carboxylic acids is 2. The van der Waals surface area contributed by atoms with Gasteiger partial charge in [-0.15, -0.1) is 0 Å². The van der Waals surface area contributed by atoms with Gasteiger partial charge in [0.05, 0.1) is 6.42 Å². The highest BCUT2D eigenvalue weighted by molar-refractivity contribution is 5.89. The number of rotatable bonds is 6. The molecule has 1 saturated heterocycles. The first kappa shape index (κ1) is 24.6. The lowest BCUT2D eigenvalue weighted by atomic mass is 9.98. The van der Waals surface area contributed by atoms with Gasteiger partial charge in [-0.2, -0.15) is 13.2 Å². The third-order valence-electron chi connectivity index (χ3n) is 6.44. The summed E-state index contributed by atoms with van der Waals surface area (Å²) in [5.74, 6) is -2.67. The lowest BCUT2D eigenvalue weighted by Crippen LogP contribution is -2.56. The van der Waals surface area contributed by atoms with Crippen LogP contribution < -0.4 is 5.32 Å². The zero-order chi connectivity index (χ0) is 25.2. The molecule has 2 aromatic rings. The lowest BCUT2D eigenvalue weighted by molar-refractivity contribution is -0.160. The molecule has 186 valence electrons. The monoisotopic (exact) mass is 490 g/mol. The molecule has 0 bridgehead atoms. The molecular formula is C25H25F3N2O5. The maximum Gasteiger partial charge on any atom is 0.407 e. The molecule has 0 aromatic heterocycles. The van der Waals surface area contributed by atoms with E-state index in [0.29, 0.717) is 12.8 Å². The van der Waals surface area contributed by atoms with Crippen LogP contribution in [-0.4, -0.2) is 59.4 Å². The van der Waals surface area contributed by atoms with E-state index in [2.05, 4.69) is 0 Å². The summed E-state index contributed by atoms with van der Waals surface area (Å²) in [5, 5.41) is 11.4. The Hall–Kier alpha value is -3.56. The van der Waals surface area contributed by atoms with Gasteiger partial charge < -0.3 is 20.1 Å². The Kier molecular flexibility index (Phi) is 7.00. The molecule has 1 aliphatic carbocycles. The number of nitrogens with one attached hydrogen (secondary N) is 1. The number of carbonyl (C=O) groups is 3. The number of ether oxygens (including phenoxy) is 1. The van der Waals surface area contributed by atoms with Crippen molar-refractivity contribution in [3.8, 4) is 11.1 Å². The van der Waals surface area contributed by atoms with Gasteiger partial charge in [0.1, 0.15) is 18.7 Å². The number of nitrogens with zero attached hydrogens (tertiary/aromatic N) is 1. The van der Waals surface area contributed by atoms with Gasteiger partial charge >= 0.3 is 18.2 Å². The number of carboxylic acid groups (broad SMARTS) is 1. The standard InChI is InChI=1S/C25H25F3N2O5/c26-25(27,28)13-20(22(31)30-12-6-5-11-21(30)23(32)33)29-24(34)35-14-19-17-9-3-1-7-15(17)16-8-2-4-10-18(16)19/h1-4,7-10,19-21H,5-6,11-14H2,(H,29,34)(H,32,33)/t20?,21-/m0/s1. The van der Waals surface area contributed by atoms with Crippen molar-refractivity contribution in [2.45, 2.75) is 49.9 Å². The number of alkyl halides is 3. The van der Waals surface area contributed by atoms with E-state index in [0.717, 1.165) is 27.2 Å². The Bertz CT molecular complexity index is 1070. The van der Waals surface area contributed by atoms with Crippen molar-refractivity contribution < 1.29 is 37.4 Å². The van der Waals surface area contributed by atoms with E-state index >= 15 is 0 Å². The highest BCUT2D eigenvalue weighted by atomic mass is 19.4. The van der Waals surface area contributed by atoms with Crippen LogP contribution in [0.1, 0.15) is 42.7 Å². The minimum Gasteiger partial charge on any atom is -0.480 e. The zero-order valence-electron chi connectivity index (χ0n) is 18.8. The molecule has 0 radical (unpaired) electrons. The fraction of sp³-hybridized carbons (Fsp3) is 0.400. The summed E-state index contributed by atoms with van der Waals surface area (Å²) in [4.78, 5) is 37.9. The van der Waals surface area contributed by atoms with Crippen LogP contribution in [0.3, 0.4) is 0 Å². The van der Waals surface area contributed by atoms with Gasteiger partial charge in [-0.05, 0) is 41.5 Å². The fourth-order valence-corrected chi connectivity index (χ4v) is 4.87. The summed E-state index contributed by atoms with van der Waals surface area (Å²) in [5.41, 5.74) is 3.85. The van der Waals surface area contributed by atoms with Crippen molar-refractivity contribution >= 4 is 18.0 Å². The SMILES string of the molecule is O=C(NC(CC(F)(F)F)C(=O)N1CCCC[C@H]1C(=O)O)OCC1c2ccccc2-c2ccccc21. The van der Waals surface area contributed by atoms with Crippen molar-refractivity contribution in [3.05, 3.63) is 59.7 Å². The molecule has 1 heterocycles. The molecule has 4 rings (SSSR count). The average molecular weight is 490 g/mol. The van der Waals surface area contributed by atoms with E-state index < -0.39 is 42.7 Å². The summed E-state index contributed by atoms with van der Waals surface area (Å²) in [6.45, 7) is -0.120. The molecule has 2 N–H and O–H groups in total.